The Bertz CT molecular complexity index is 411. The maximum atomic E-state index is 11.7. The van der Waals surface area contributed by atoms with Crippen LogP contribution in [-0.4, -0.2) is 55.0 Å². The number of hydrogen-bond donors (Lipinski definition) is 2. The number of carbonyl (C=O) groups is 4. The largest absolute Gasteiger partial charge is 0.454 e. The standard InChI is InChI=1S/C13H21N3O5/c1-2-14-13(20)15-10(17)9-21-12(19)8-16-7-5-3-4-6-11(16)18/h2-9H2,1H3,(H2,14,15,17,20). The molecule has 1 saturated heterocycles. The van der Waals surface area contributed by atoms with Crippen molar-refractivity contribution < 1.29 is 23.9 Å². The van der Waals surface area contributed by atoms with E-state index in [0.29, 0.717) is 19.5 Å². The molecular formula is C13H21N3O5. The van der Waals surface area contributed by atoms with Crippen LogP contribution >= 0.6 is 0 Å². The average molecular weight is 299 g/mol. The Balaban J connectivity index is 2.28. The van der Waals surface area contributed by atoms with E-state index in [1.165, 1.54) is 4.90 Å². The van der Waals surface area contributed by atoms with Crippen LogP contribution in [0.15, 0.2) is 0 Å². The molecule has 1 fully saturated rings. The second-order valence-electron chi connectivity index (χ2n) is 4.69. The van der Waals surface area contributed by atoms with Gasteiger partial charge >= 0.3 is 12.0 Å². The number of ether oxygens (including phenoxy) is 1. The quantitative estimate of drug-likeness (QED) is 0.683. The van der Waals surface area contributed by atoms with Crippen molar-refractivity contribution in [1.82, 2.24) is 15.5 Å². The zero-order chi connectivity index (χ0) is 15.7. The number of likely N-dealkylation sites (tertiary alicyclic amines) is 1. The highest BCUT2D eigenvalue weighted by Crippen LogP contribution is 2.10. The van der Waals surface area contributed by atoms with E-state index >= 15 is 0 Å². The SMILES string of the molecule is CCNC(=O)NC(=O)COC(=O)CN1CCCCCC1=O. The van der Waals surface area contributed by atoms with Crippen molar-refractivity contribution in [1.29, 1.82) is 0 Å². The van der Waals surface area contributed by atoms with E-state index in [1.54, 1.807) is 6.92 Å². The van der Waals surface area contributed by atoms with E-state index in [9.17, 15) is 19.2 Å². The Morgan fingerprint density at radius 2 is 2.00 bits per heavy atom. The van der Waals surface area contributed by atoms with Crippen LogP contribution < -0.4 is 10.6 Å². The third-order valence-electron chi connectivity index (χ3n) is 2.95. The van der Waals surface area contributed by atoms with Crippen LogP contribution in [-0.2, 0) is 19.1 Å². The summed E-state index contributed by atoms with van der Waals surface area (Å²) in [6, 6.07) is -0.638. The molecule has 0 saturated carbocycles. The third kappa shape index (κ3) is 6.73. The molecule has 4 amide bonds. The lowest BCUT2D eigenvalue weighted by atomic mass is 10.2. The Labute approximate surface area is 123 Å². The number of imide groups is 1. The molecule has 118 valence electrons. The molecule has 0 spiro atoms. The van der Waals surface area contributed by atoms with Gasteiger partial charge in [0.05, 0.1) is 0 Å². The van der Waals surface area contributed by atoms with Crippen molar-refractivity contribution >= 4 is 23.8 Å². The normalized spacial score (nSPS) is 15.1. The lowest BCUT2D eigenvalue weighted by Crippen LogP contribution is -2.42. The first-order valence-corrected chi connectivity index (χ1v) is 7.04. The zero-order valence-electron chi connectivity index (χ0n) is 12.1. The van der Waals surface area contributed by atoms with Crippen LogP contribution in [0.3, 0.4) is 0 Å². The van der Waals surface area contributed by atoms with Gasteiger partial charge in [-0.05, 0) is 19.8 Å². The van der Waals surface area contributed by atoms with Crippen molar-refractivity contribution in [2.75, 3.05) is 26.2 Å². The molecule has 21 heavy (non-hydrogen) atoms. The molecule has 0 aromatic rings. The maximum Gasteiger partial charge on any atom is 0.326 e. The summed E-state index contributed by atoms with van der Waals surface area (Å²) in [5.41, 5.74) is 0. The van der Waals surface area contributed by atoms with Crippen molar-refractivity contribution in [3.63, 3.8) is 0 Å². The fourth-order valence-corrected chi connectivity index (χ4v) is 1.92. The molecule has 2 N–H and O–H groups in total. The first-order valence-electron chi connectivity index (χ1n) is 7.04. The molecule has 1 heterocycles. The number of carbonyl (C=O) groups excluding carboxylic acids is 4. The molecule has 0 atom stereocenters. The maximum absolute atomic E-state index is 11.7. The van der Waals surface area contributed by atoms with Crippen LogP contribution in [0.1, 0.15) is 32.6 Å². The van der Waals surface area contributed by atoms with Gasteiger partial charge in [-0.3, -0.25) is 19.7 Å². The smallest absolute Gasteiger partial charge is 0.326 e. The van der Waals surface area contributed by atoms with E-state index in [4.69, 9.17) is 4.74 Å². The summed E-state index contributed by atoms with van der Waals surface area (Å²) in [5.74, 6) is -1.44. The van der Waals surface area contributed by atoms with Gasteiger partial charge in [0.2, 0.25) is 5.91 Å². The monoisotopic (exact) mass is 299 g/mol. The van der Waals surface area contributed by atoms with Crippen molar-refractivity contribution in [3.8, 4) is 0 Å². The van der Waals surface area contributed by atoms with Gasteiger partial charge in [0.25, 0.3) is 5.91 Å². The summed E-state index contributed by atoms with van der Waals surface area (Å²) < 4.78 is 4.75. The second kappa shape index (κ2) is 8.93. The van der Waals surface area contributed by atoms with Gasteiger partial charge in [0.15, 0.2) is 6.61 Å². The van der Waals surface area contributed by atoms with Gasteiger partial charge < -0.3 is 15.0 Å². The summed E-state index contributed by atoms with van der Waals surface area (Å²) in [4.78, 5) is 47.1. The lowest BCUT2D eigenvalue weighted by molar-refractivity contribution is -0.152. The summed E-state index contributed by atoms with van der Waals surface area (Å²) in [7, 11) is 0. The Morgan fingerprint density at radius 1 is 1.24 bits per heavy atom. The average Bonchev–Trinajstić information content (AvgIpc) is 2.62. The molecule has 1 aliphatic rings. The van der Waals surface area contributed by atoms with Crippen LogP contribution in [0.5, 0.6) is 0 Å². The van der Waals surface area contributed by atoms with Gasteiger partial charge in [-0.1, -0.05) is 6.42 Å². The Morgan fingerprint density at radius 3 is 2.71 bits per heavy atom. The van der Waals surface area contributed by atoms with Crippen LogP contribution in [0.2, 0.25) is 0 Å². The van der Waals surface area contributed by atoms with Crippen LogP contribution in [0.25, 0.3) is 0 Å². The highest BCUT2D eigenvalue weighted by atomic mass is 16.5. The summed E-state index contributed by atoms with van der Waals surface area (Å²) in [5, 5.41) is 4.39. The minimum Gasteiger partial charge on any atom is -0.454 e. The topological polar surface area (TPSA) is 105 Å². The van der Waals surface area contributed by atoms with Crippen molar-refractivity contribution in [2.45, 2.75) is 32.6 Å². The fraction of sp³-hybridized carbons (Fsp3) is 0.692. The van der Waals surface area contributed by atoms with E-state index in [0.717, 1.165) is 19.3 Å². The highest BCUT2D eigenvalue weighted by Gasteiger charge is 2.20. The number of esters is 1. The number of rotatable bonds is 5. The Kier molecular flexibility index (Phi) is 7.20. The first-order chi connectivity index (χ1) is 10.0. The van der Waals surface area contributed by atoms with Gasteiger partial charge in [-0.2, -0.15) is 0 Å². The number of amides is 4. The molecular weight excluding hydrogens is 278 g/mol. The van der Waals surface area contributed by atoms with Gasteiger partial charge in [-0.25, -0.2) is 4.79 Å². The summed E-state index contributed by atoms with van der Waals surface area (Å²) in [6.45, 7) is 1.92. The molecule has 0 radical (unpaired) electrons. The van der Waals surface area contributed by atoms with Crippen molar-refractivity contribution in [2.24, 2.45) is 0 Å². The molecule has 8 nitrogen and oxygen atoms in total. The van der Waals surface area contributed by atoms with Crippen LogP contribution in [0.4, 0.5) is 4.79 Å². The first kappa shape index (κ1) is 16.9. The molecule has 0 aliphatic carbocycles. The fourth-order valence-electron chi connectivity index (χ4n) is 1.92. The summed E-state index contributed by atoms with van der Waals surface area (Å²) >= 11 is 0. The van der Waals surface area contributed by atoms with Crippen molar-refractivity contribution in [3.05, 3.63) is 0 Å². The number of nitrogens with zero attached hydrogens (tertiary/aromatic N) is 1. The number of urea groups is 1. The zero-order valence-corrected chi connectivity index (χ0v) is 12.1. The minimum absolute atomic E-state index is 0.0729. The molecule has 0 bridgehead atoms. The second-order valence-corrected chi connectivity index (χ2v) is 4.69. The van der Waals surface area contributed by atoms with E-state index in [1.807, 2.05) is 5.32 Å². The van der Waals surface area contributed by atoms with E-state index in [-0.39, 0.29) is 12.5 Å². The highest BCUT2D eigenvalue weighted by molar-refractivity contribution is 5.95. The Hall–Kier alpha value is -2.12. The minimum atomic E-state index is -0.712. The number of nitrogens with one attached hydrogen (secondary N) is 2. The molecule has 0 aromatic carbocycles. The van der Waals surface area contributed by atoms with Crippen LogP contribution in [0, 0.1) is 0 Å². The molecule has 1 aliphatic heterocycles. The lowest BCUT2D eigenvalue weighted by Gasteiger charge is -2.19. The van der Waals surface area contributed by atoms with E-state index < -0.39 is 24.5 Å². The third-order valence-corrected chi connectivity index (χ3v) is 2.95. The predicted molar refractivity (Wildman–Crippen MR) is 73.2 cm³/mol. The number of hydrogen-bond acceptors (Lipinski definition) is 5. The van der Waals surface area contributed by atoms with Gasteiger partial charge in [-0.15, -0.1) is 0 Å². The molecule has 1 rings (SSSR count). The van der Waals surface area contributed by atoms with Gasteiger partial charge in [0.1, 0.15) is 6.54 Å². The van der Waals surface area contributed by atoms with Gasteiger partial charge in [0, 0.05) is 19.5 Å². The predicted octanol–water partition coefficient (Wildman–Crippen LogP) is -0.222. The summed E-state index contributed by atoms with van der Waals surface area (Å²) in [6.07, 6.45) is 3.09. The van der Waals surface area contributed by atoms with E-state index in [2.05, 4.69) is 5.32 Å². The molecule has 0 unspecified atom stereocenters. The molecule has 8 heteroatoms. The molecule has 0 aromatic heterocycles.